The Morgan fingerprint density at radius 2 is 2.04 bits per heavy atom. The molecule has 3 unspecified atom stereocenters. The van der Waals surface area contributed by atoms with E-state index in [1.54, 1.807) is 28.8 Å². The van der Waals surface area contributed by atoms with Crippen molar-refractivity contribution >= 4 is 22.9 Å². The summed E-state index contributed by atoms with van der Waals surface area (Å²) in [6, 6.07) is 8.79. The molecule has 2 aromatic heterocycles. The van der Waals surface area contributed by atoms with Crippen LogP contribution in [0.5, 0.6) is 0 Å². The van der Waals surface area contributed by atoms with Crippen LogP contribution >= 0.6 is 0 Å². The van der Waals surface area contributed by atoms with E-state index >= 15 is 0 Å². The second-order valence-electron chi connectivity index (χ2n) is 5.98. The Morgan fingerprint density at radius 1 is 1.26 bits per heavy atom. The third-order valence-electron chi connectivity index (χ3n) is 4.32. The predicted octanol–water partition coefficient (Wildman–Crippen LogP) is 0.717. The molecule has 1 saturated heterocycles. The normalized spacial score (nSPS) is 21.8. The molecule has 27 heavy (non-hydrogen) atoms. The Labute approximate surface area is 167 Å². The van der Waals surface area contributed by atoms with E-state index in [1.807, 2.05) is 6.07 Å². The molecule has 4 rings (SSSR count). The summed E-state index contributed by atoms with van der Waals surface area (Å²) < 4.78 is 7.30. The Morgan fingerprint density at radius 3 is 2.74 bits per heavy atom. The Kier molecular flexibility index (Phi) is 5.93. The first-order valence-electron chi connectivity index (χ1n) is 8.15. The van der Waals surface area contributed by atoms with Gasteiger partial charge in [0.25, 0.3) is 5.91 Å². The summed E-state index contributed by atoms with van der Waals surface area (Å²) in [6.07, 6.45) is 1.26. The topological polar surface area (TPSA) is 122 Å². The fourth-order valence-corrected chi connectivity index (χ4v) is 2.97. The van der Waals surface area contributed by atoms with Crippen LogP contribution in [0.4, 0.5) is 5.82 Å². The zero-order valence-corrected chi connectivity index (χ0v) is 16.4. The summed E-state index contributed by atoms with van der Waals surface area (Å²) in [6.45, 7) is -0.266. The molecular weight excluding hydrogens is 530 g/mol. The standard InChI is InChI=1S/C17H17N5O4.Ir/c23-7-12-11(24)6-13(26-12)22-9-20-14-15(18-8-19-16(14)22)21-17(25)10-4-2-1-3-5-10;/h1-5,8-9,11-13,23-24H,6-7H2,(H,18,19,21,25);. The van der Waals surface area contributed by atoms with Crippen LogP contribution in [0, 0.1) is 0 Å². The van der Waals surface area contributed by atoms with Gasteiger partial charge >= 0.3 is 0 Å². The number of nitrogens with one attached hydrogen (secondary N) is 1. The molecule has 1 aliphatic heterocycles. The van der Waals surface area contributed by atoms with E-state index in [2.05, 4.69) is 20.3 Å². The van der Waals surface area contributed by atoms with E-state index in [1.165, 1.54) is 12.7 Å². The van der Waals surface area contributed by atoms with Crippen molar-refractivity contribution in [1.82, 2.24) is 19.5 Å². The number of carbonyl (C=O) groups excluding carboxylic acids is 1. The minimum absolute atomic E-state index is 0. The number of amides is 1. The first kappa shape index (κ1) is 19.5. The molecule has 1 fully saturated rings. The van der Waals surface area contributed by atoms with Crippen molar-refractivity contribution in [2.24, 2.45) is 0 Å². The van der Waals surface area contributed by atoms with E-state index in [0.717, 1.165) is 0 Å². The fraction of sp³-hybridized carbons (Fsp3) is 0.294. The molecule has 0 saturated carbocycles. The van der Waals surface area contributed by atoms with Crippen LogP contribution in [0.15, 0.2) is 43.0 Å². The number of aliphatic hydroxyl groups is 2. The number of aromatic nitrogens is 4. The van der Waals surface area contributed by atoms with Gasteiger partial charge in [-0.2, -0.15) is 0 Å². The maximum absolute atomic E-state index is 12.4. The van der Waals surface area contributed by atoms with Crippen LogP contribution in [0.1, 0.15) is 23.0 Å². The molecule has 3 aromatic rings. The van der Waals surface area contributed by atoms with Gasteiger partial charge in [0.1, 0.15) is 18.7 Å². The van der Waals surface area contributed by atoms with Crippen molar-refractivity contribution in [3.63, 3.8) is 0 Å². The zero-order chi connectivity index (χ0) is 18.1. The number of fused-ring (bicyclic) bond motifs is 1. The average Bonchev–Trinajstić information content (AvgIpc) is 3.26. The van der Waals surface area contributed by atoms with Crippen molar-refractivity contribution in [1.29, 1.82) is 0 Å². The first-order valence-corrected chi connectivity index (χ1v) is 8.15. The van der Waals surface area contributed by atoms with Crippen molar-refractivity contribution in [2.45, 2.75) is 24.9 Å². The van der Waals surface area contributed by atoms with Gasteiger partial charge in [-0.3, -0.25) is 9.36 Å². The van der Waals surface area contributed by atoms with Gasteiger partial charge in [-0.25, -0.2) is 15.0 Å². The number of rotatable bonds is 4. The smallest absolute Gasteiger partial charge is 0.256 e. The Bertz CT molecular complexity index is 935. The van der Waals surface area contributed by atoms with Crippen molar-refractivity contribution in [3.05, 3.63) is 48.5 Å². The SMILES string of the molecule is O=C(Nc1ncnc2c1ncn2C1CC(O)C(CO)O1)c1ccccc1.[Ir]. The van der Waals surface area contributed by atoms with E-state index in [0.29, 0.717) is 29.0 Å². The molecule has 9 nitrogen and oxygen atoms in total. The largest absolute Gasteiger partial charge is 0.394 e. The maximum Gasteiger partial charge on any atom is 0.256 e. The molecule has 0 aliphatic carbocycles. The third kappa shape index (κ3) is 3.76. The summed E-state index contributed by atoms with van der Waals surface area (Å²) in [5.41, 5.74) is 1.40. The number of hydrogen-bond donors (Lipinski definition) is 3. The van der Waals surface area contributed by atoms with Crippen molar-refractivity contribution < 1.29 is 39.8 Å². The minimum Gasteiger partial charge on any atom is -0.394 e. The van der Waals surface area contributed by atoms with E-state index in [-0.39, 0.29) is 32.6 Å². The molecule has 3 atom stereocenters. The quantitative estimate of drug-likeness (QED) is 0.440. The van der Waals surface area contributed by atoms with Gasteiger partial charge < -0.3 is 20.3 Å². The molecule has 3 heterocycles. The third-order valence-corrected chi connectivity index (χ3v) is 4.32. The molecule has 1 amide bonds. The Hall–Kier alpha value is -2.23. The van der Waals surface area contributed by atoms with Gasteiger partial charge in [0.15, 0.2) is 17.0 Å². The number of carbonyl (C=O) groups is 1. The number of imidazole rings is 1. The fourth-order valence-electron chi connectivity index (χ4n) is 2.97. The van der Waals surface area contributed by atoms with Crippen molar-refractivity contribution in [2.75, 3.05) is 11.9 Å². The van der Waals surface area contributed by atoms with E-state index in [9.17, 15) is 15.0 Å². The van der Waals surface area contributed by atoms with Gasteiger partial charge in [0.2, 0.25) is 0 Å². The summed E-state index contributed by atoms with van der Waals surface area (Å²) in [4.78, 5) is 25.0. The number of aliphatic hydroxyl groups excluding tert-OH is 2. The van der Waals surface area contributed by atoms with Crippen molar-refractivity contribution in [3.8, 4) is 0 Å². The van der Waals surface area contributed by atoms with Gasteiger partial charge in [-0.15, -0.1) is 0 Å². The minimum atomic E-state index is -0.762. The van der Waals surface area contributed by atoms with E-state index < -0.39 is 18.4 Å². The zero-order valence-electron chi connectivity index (χ0n) is 14.0. The molecule has 10 heteroatoms. The van der Waals surface area contributed by atoms with Gasteiger partial charge in [-0.05, 0) is 12.1 Å². The second-order valence-corrected chi connectivity index (χ2v) is 5.98. The monoisotopic (exact) mass is 548 g/mol. The molecule has 0 bridgehead atoms. The van der Waals surface area contributed by atoms with Crippen LogP contribution in [-0.4, -0.2) is 54.5 Å². The molecule has 3 N–H and O–H groups in total. The summed E-state index contributed by atoms with van der Waals surface area (Å²) >= 11 is 0. The average molecular weight is 548 g/mol. The summed E-state index contributed by atoms with van der Waals surface area (Å²) in [5.74, 6) is -0.00658. The van der Waals surface area contributed by atoms with Crippen LogP contribution < -0.4 is 5.32 Å². The van der Waals surface area contributed by atoms with E-state index in [4.69, 9.17) is 4.74 Å². The first-order chi connectivity index (χ1) is 12.7. The second kappa shape index (κ2) is 8.20. The number of benzene rings is 1. The maximum atomic E-state index is 12.4. The molecule has 1 radical (unpaired) electrons. The molecule has 1 aliphatic rings. The molecule has 143 valence electrons. The molecular formula is C17H17IrN5O4. The summed E-state index contributed by atoms with van der Waals surface area (Å²) in [5, 5.41) is 21.9. The number of nitrogens with zero attached hydrogens (tertiary/aromatic N) is 4. The van der Waals surface area contributed by atoms with Crippen LogP contribution in [-0.2, 0) is 24.8 Å². The van der Waals surface area contributed by atoms with Gasteiger partial charge in [0.05, 0.1) is 19.0 Å². The molecule has 0 spiro atoms. The van der Waals surface area contributed by atoms with Crippen LogP contribution in [0.25, 0.3) is 11.2 Å². The van der Waals surface area contributed by atoms with Crippen LogP contribution in [0.2, 0.25) is 0 Å². The van der Waals surface area contributed by atoms with Gasteiger partial charge in [0, 0.05) is 32.1 Å². The molecule has 1 aromatic carbocycles. The van der Waals surface area contributed by atoms with Crippen LogP contribution in [0.3, 0.4) is 0 Å². The Balaban J connectivity index is 0.00000210. The predicted molar refractivity (Wildman–Crippen MR) is 91.3 cm³/mol. The number of anilines is 1. The number of hydrogen-bond acceptors (Lipinski definition) is 7. The number of ether oxygens (including phenoxy) is 1. The summed E-state index contributed by atoms with van der Waals surface area (Å²) in [7, 11) is 0. The van der Waals surface area contributed by atoms with Gasteiger partial charge in [-0.1, -0.05) is 18.2 Å².